The molecule has 2 atom stereocenters. The molecule has 298 valence electrons. The lowest BCUT2D eigenvalue weighted by molar-refractivity contribution is 0.226. The second kappa shape index (κ2) is 15.4. The van der Waals surface area contributed by atoms with Crippen LogP contribution in [-0.4, -0.2) is 6.10 Å². The summed E-state index contributed by atoms with van der Waals surface area (Å²) in [4.78, 5) is 4.78. The van der Waals surface area contributed by atoms with E-state index in [1.54, 1.807) is 0 Å². The summed E-state index contributed by atoms with van der Waals surface area (Å²) in [6, 6.07) is 80.8. The topological polar surface area (TPSA) is 15.7 Å². The average molecular weight is 807 g/mol. The summed E-state index contributed by atoms with van der Waals surface area (Å²) in [5.41, 5.74) is 12.6. The molecule has 2 unspecified atom stereocenters. The highest BCUT2D eigenvalue weighted by Gasteiger charge is 2.34. The van der Waals surface area contributed by atoms with Crippen molar-refractivity contribution in [2.75, 3.05) is 9.80 Å². The maximum absolute atomic E-state index is 7.27. The van der Waals surface area contributed by atoms with Crippen molar-refractivity contribution in [3.63, 3.8) is 0 Å². The predicted molar refractivity (Wildman–Crippen MR) is 264 cm³/mol. The Balaban J connectivity index is 0.979. The van der Waals surface area contributed by atoms with Crippen LogP contribution in [0.4, 0.5) is 28.4 Å². The summed E-state index contributed by atoms with van der Waals surface area (Å²) in [6.45, 7) is 0. The summed E-state index contributed by atoms with van der Waals surface area (Å²) >= 11 is 0. The number of hydrogen-bond donors (Lipinski definition) is 0. The quantitative estimate of drug-likeness (QED) is 0.152. The SMILES string of the molecule is C1=CC2c3cccc4cc(N(c5ccc(-c6ccccc6)cc5)c5cccc6ccccc56)cc(c34)OC2C=C1N(c1ccc(-c2ccccc2)cc1)c1cccc2ccccc12. The molecule has 0 saturated heterocycles. The summed E-state index contributed by atoms with van der Waals surface area (Å²) in [5, 5.41) is 7.10. The molecule has 0 fully saturated rings. The standard InChI is InChI=1S/C60H42N2O/c1-3-14-41(15-4-1)43-28-32-48(33-29-43)61(56-26-12-20-45-18-7-9-23-52(45)56)50-36-37-54-55-25-11-22-47-38-51(40-59(60(47)55)63-58(54)39-50)62(57-27-13-21-46-19-8-10-24-53(46)57)49-34-30-44(31-35-49)42-16-5-2-6-17-42/h1-40,54,58H. The first kappa shape index (κ1) is 36.7. The first-order valence-electron chi connectivity index (χ1n) is 21.7. The molecular formula is C60H42N2O. The van der Waals surface area contributed by atoms with E-state index in [-0.39, 0.29) is 12.0 Å². The molecule has 0 bridgehead atoms. The number of anilines is 5. The molecule has 0 spiro atoms. The van der Waals surface area contributed by atoms with Crippen molar-refractivity contribution in [1.82, 2.24) is 0 Å². The second-order valence-electron chi connectivity index (χ2n) is 16.4. The molecule has 0 amide bonds. The minimum Gasteiger partial charge on any atom is -0.485 e. The van der Waals surface area contributed by atoms with Gasteiger partial charge in [0.25, 0.3) is 0 Å². The lowest BCUT2D eigenvalue weighted by Gasteiger charge is -2.37. The molecule has 10 aromatic carbocycles. The van der Waals surface area contributed by atoms with Crippen molar-refractivity contribution < 1.29 is 4.74 Å². The van der Waals surface area contributed by atoms with E-state index in [0.29, 0.717) is 0 Å². The lowest BCUT2D eigenvalue weighted by Crippen LogP contribution is -2.30. The van der Waals surface area contributed by atoms with Crippen LogP contribution in [0.2, 0.25) is 0 Å². The van der Waals surface area contributed by atoms with Crippen molar-refractivity contribution in [3.8, 4) is 28.0 Å². The van der Waals surface area contributed by atoms with E-state index in [1.807, 2.05) is 0 Å². The van der Waals surface area contributed by atoms with E-state index in [0.717, 1.165) is 45.3 Å². The van der Waals surface area contributed by atoms with Crippen LogP contribution in [0.5, 0.6) is 5.75 Å². The van der Waals surface area contributed by atoms with Gasteiger partial charge in [0.05, 0.1) is 17.1 Å². The van der Waals surface area contributed by atoms with Crippen molar-refractivity contribution in [3.05, 3.63) is 254 Å². The van der Waals surface area contributed by atoms with Gasteiger partial charge in [-0.3, -0.25) is 0 Å². The number of nitrogens with zero attached hydrogens (tertiary/aromatic N) is 2. The van der Waals surface area contributed by atoms with Gasteiger partial charge in [-0.05, 0) is 98.6 Å². The molecule has 0 aromatic heterocycles. The first-order chi connectivity index (χ1) is 31.2. The molecule has 1 aliphatic carbocycles. The van der Waals surface area contributed by atoms with Crippen molar-refractivity contribution in [1.29, 1.82) is 0 Å². The molecule has 1 heterocycles. The van der Waals surface area contributed by atoms with Crippen LogP contribution in [0.3, 0.4) is 0 Å². The largest absolute Gasteiger partial charge is 0.485 e. The Morgan fingerprint density at radius 1 is 0.381 bits per heavy atom. The zero-order valence-electron chi connectivity index (χ0n) is 34.6. The molecule has 3 heteroatoms. The fourth-order valence-corrected chi connectivity index (χ4v) is 9.75. The Bertz CT molecular complexity index is 3360. The minimum atomic E-state index is -0.226. The Morgan fingerprint density at radius 3 is 1.49 bits per heavy atom. The summed E-state index contributed by atoms with van der Waals surface area (Å²) < 4.78 is 7.27. The highest BCUT2D eigenvalue weighted by Crippen LogP contribution is 2.49. The van der Waals surface area contributed by atoms with E-state index < -0.39 is 0 Å². The third-order valence-corrected chi connectivity index (χ3v) is 12.7. The normalized spacial score (nSPS) is 15.1. The molecule has 12 rings (SSSR count). The van der Waals surface area contributed by atoms with Crippen LogP contribution < -0.4 is 14.5 Å². The number of ether oxygens (including phenoxy) is 1. The fourth-order valence-electron chi connectivity index (χ4n) is 9.75. The number of rotatable bonds is 8. The Labute approximate surface area is 367 Å². The van der Waals surface area contributed by atoms with Crippen molar-refractivity contribution >= 4 is 60.8 Å². The van der Waals surface area contributed by atoms with Crippen LogP contribution in [0.15, 0.2) is 248 Å². The molecule has 63 heavy (non-hydrogen) atoms. The monoisotopic (exact) mass is 806 g/mol. The number of fused-ring (bicyclic) bond motifs is 4. The van der Waals surface area contributed by atoms with Gasteiger partial charge in [0.2, 0.25) is 0 Å². The van der Waals surface area contributed by atoms with E-state index >= 15 is 0 Å². The Kier molecular flexibility index (Phi) is 8.97. The van der Waals surface area contributed by atoms with Crippen LogP contribution in [0.1, 0.15) is 11.5 Å². The summed E-state index contributed by atoms with van der Waals surface area (Å²) in [7, 11) is 0. The first-order valence-corrected chi connectivity index (χ1v) is 21.7. The van der Waals surface area contributed by atoms with Gasteiger partial charge in [-0.25, -0.2) is 0 Å². The zero-order chi connectivity index (χ0) is 41.7. The third kappa shape index (κ3) is 6.54. The number of benzene rings is 10. The van der Waals surface area contributed by atoms with Gasteiger partial charge >= 0.3 is 0 Å². The third-order valence-electron chi connectivity index (χ3n) is 12.7. The van der Waals surface area contributed by atoms with Crippen LogP contribution in [-0.2, 0) is 0 Å². The minimum absolute atomic E-state index is 0.0605. The molecule has 0 saturated carbocycles. The molecule has 3 nitrogen and oxygen atoms in total. The van der Waals surface area contributed by atoms with Gasteiger partial charge in [0.1, 0.15) is 11.9 Å². The van der Waals surface area contributed by atoms with Gasteiger partial charge in [-0.2, -0.15) is 0 Å². The van der Waals surface area contributed by atoms with E-state index in [2.05, 4.69) is 252 Å². The van der Waals surface area contributed by atoms with Gasteiger partial charge in [0, 0.05) is 45.2 Å². The number of hydrogen-bond acceptors (Lipinski definition) is 3. The Hall–Kier alpha value is -8.14. The summed E-state index contributed by atoms with van der Waals surface area (Å²) in [6.07, 6.45) is 6.74. The molecule has 0 N–H and O–H groups in total. The zero-order valence-corrected chi connectivity index (χ0v) is 34.6. The van der Waals surface area contributed by atoms with Crippen molar-refractivity contribution in [2.45, 2.75) is 12.0 Å². The lowest BCUT2D eigenvalue weighted by atomic mass is 9.83. The van der Waals surface area contributed by atoms with Gasteiger partial charge in [0.15, 0.2) is 0 Å². The van der Waals surface area contributed by atoms with Gasteiger partial charge in [-0.15, -0.1) is 0 Å². The second-order valence-corrected chi connectivity index (χ2v) is 16.4. The average Bonchev–Trinajstić information content (AvgIpc) is 3.35. The highest BCUT2D eigenvalue weighted by molar-refractivity contribution is 6.03. The van der Waals surface area contributed by atoms with E-state index in [4.69, 9.17) is 4.74 Å². The molecule has 1 aliphatic heterocycles. The molecule has 2 aliphatic rings. The fraction of sp³-hybridized carbons (Fsp3) is 0.0333. The molecule has 10 aromatic rings. The molecule has 0 radical (unpaired) electrons. The highest BCUT2D eigenvalue weighted by atomic mass is 16.5. The smallest absolute Gasteiger partial charge is 0.130 e. The van der Waals surface area contributed by atoms with Crippen molar-refractivity contribution in [2.24, 2.45) is 0 Å². The van der Waals surface area contributed by atoms with E-state index in [1.165, 1.54) is 54.7 Å². The maximum atomic E-state index is 7.27. The van der Waals surface area contributed by atoms with E-state index in [9.17, 15) is 0 Å². The Morgan fingerprint density at radius 2 is 0.873 bits per heavy atom. The predicted octanol–water partition coefficient (Wildman–Crippen LogP) is 16.1. The van der Waals surface area contributed by atoms with Crippen LogP contribution in [0.25, 0.3) is 54.6 Å². The molecular weight excluding hydrogens is 765 g/mol. The van der Waals surface area contributed by atoms with Crippen LogP contribution >= 0.6 is 0 Å². The van der Waals surface area contributed by atoms with Crippen LogP contribution in [0, 0.1) is 0 Å². The van der Waals surface area contributed by atoms with Gasteiger partial charge in [-0.1, -0.05) is 182 Å². The summed E-state index contributed by atoms with van der Waals surface area (Å²) in [5.74, 6) is 0.950. The maximum Gasteiger partial charge on any atom is 0.130 e. The van der Waals surface area contributed by atoms with Gasteiger partial charge < -0.3 is 14.5 Å². The number of allylic oxidation sites excluding steroid dienone is 1.